The van der Waals surface area contributed by atoms with Crippen molar-refractivity contribution in [2.24, 2.45) is 0 Å². The van der Waals surface area contributed by atoms with Gasteiger partial charge in [0.1, 0.15) is 0 Å². The monoisotopic (exact) mass is 304 g/mol. The molecular weight excluding hydrogens is 296 g/mol. The summed E-state index contributed by atoms with van der Waals surface area (Å²) in [6.07, 6.45) is 1.61. The minimum Gasteiger partial charge on any atom is -0.480 e. The van der Waals surface area contributed by atoms with Crippen molar-refractivity contribution in [1.29, 1.82) is 5.26 Å². The number of nitrogens with one attached hydrogen (secondary N) is 1. The van der Waals surface area contributed by atoms with Crippen LogP contribution < -0.4 is 10.1 Å². The number of hydrogen-bond donors (Lipinski definition) is 1. The van der Waals surface area contributed by atoms with Gasteiger partial charge in [-0.2, -0.15) is 10.2 Å². The molecule has 5 nitrogen and oxygen atoms in total. The van der Waals surface area contributed by atoms with E-state index in [-0.39, 0.29) is 0 Å². The van der Waals surface area contributed by atoms with Crippen LogP contribution in [0.2, 0.25) is 0 Å². The van der Waals surface area contributed by atoms with Gasteiger partial charge in [0.15, 0.2) is 0 Å². The highest BCUT2D eigenvalue weighted by Crippen LogP contribution is 2.23. The molecule has 1 aromatic carbocycles. The molecule has 90 valence electrons. The second-order valence-corrected chi connectivity index (χ2v) is 4.22. The van der Waals surface area contributed by atoms with Crippen LogP contribution in [0.4, 0.5) is 11.6 Å². The van der Waals surface area contributed by atoms with Crippen LogP contribution in [-0.2, 0) is 0 Å². The number of ether oxygens (including phenoxy) is 1. The van der Waals surface area contributed by atoms with Crippen molar-refractivity contribution < 1.29 is 4.74 Å². The Morgan fingerprint density at radius 3 is 2.67 bits per heavy atom. The second kappa shape index (κ2) is 5.47. The van der Waals surface area contributed by atoms with Gasteiger partial charge in [0.25, 0.3) is 0 Å². The van der Waals surface area contributed by atoms with Gasteiger partial charge >= 0.3 is 0 Å². The highest BCUT2D eigenvalue weighted by atomic mass is 79.9. The zero-order valence-corrected chi connectivity index (χ0v) is 11.1. The van der Waals surface area contributed by atoms with E-state index in [1.54, 1.807) is 37.6 Å². The molecule has 0 saturated heterocycles. The minimum atomic E-state index is 0.430. The van der Waals surface area contributed by atoms with E-state index in [0.29, 0.717) is 21.9 Å². The molecule has 1 aromatic heterocycles. The molecule has 0 fully saturated rings. The van der Waals surface area contributed by atoms with Gasteiger partial charge in [0.2, 0.25) is 11.8 Å². The van der Waals surface area contributed by atoms with E-state index >= 15 is 0 Å². The third-order valence-corrected chi connectivity index (χ3v) is 2.72. The normalized spacial score (nSPS) is 9.61. The fraction of sp³-hybridized carbons (Fsp3) is 0.0833. The Balaban J connectivity index is 2.20. The average Bonchev–Trinajstić information content (AvgIpc) is 2.42. The van der Waals surface area contributed by atoms with Crippen molar-refractivity contribution in [2.75, 3.05) is 12.4 Å². The molecule has 0 atom stereocenters. The molecule has 0 bridgehead atoms. The molecule has 18 heavy (non-hydrogen) atoms. The number of hydrogen-bond acceptors (Lipinski definition) is 5. The molecule has 0 aliphatic carbocycles. The molecule has 1 heterocycles. The third kappa shape index (κ3) is 2.76. The lowest BCUT2D eigenvalue weighted by Crippen LogP contribution is -1.99. The van der Waals surface area contributed by atoms with Gasteiger partial charge in [0, 0.05) is 5.69 Å². The fourth-order valence-corrected chi connectivity index (χ4v) is 1.66. The summed E-state index contributed by atoms with van der Waals surface area (Å²) < 4.78 is 5.77. The predicted molar refractivity (Wildman–Crippen MR) is 70.7 cm³/mol. The van der Waals surface area contributed by atoms with Gasteiger partial charge in [-0.1, -0.05) is 0 Å². The molecule has 0 saturated carbocycles. The van der Waals surface area contributed by atoms with E-state index in [0.717, 1.165) is 5.69 Å². The maximum absolute atomic E-state index is 8.70. The first-order valence-electron chi connectivity index (χ1n) is 5.06. The highest BCUT2D eigenvalue weighted by molar-refractivity contribution is 9.10. The third-order valence-electron chi connectivity index (χ3n) is 2.18. The van der Waals surface area contributed by atoms with Crippen molar-refractivity contribution in [3.05, 3.63) is 40.5 Å². The van der Waals surface area contributed by atoms with E-state index < -0.39 is 0 Å². The molecular formula is C12H9BrN4O. The molecule has 0 radical (unpaired) electrons. The molecule has 0 spiro atoms. The summed E-state index contributed by atoms with van der Waals surface area (Å²) in [7, 11) is 1.54. The van der Waals surface area contributed by atoms with Crippen LogP contribution in [0, 0.1) is 11.3 Å². The number of rotatable bonds is 3. The van der Waals surface area contributed by atoms with Gasteiger partial charge in [-0.05, 0) is 40.2 Å². The summed E-state index contributed by atoms with van der Waals surface area (Å²) in [4.78, 5) is 8.28. The second-order valence-electron chi connectivity index (χ2n) is 3.36. The van der Waals surface area contributed by atoms with Crippen molar-refractivity contribution >= 4 is 27.6 Å². The Hall–Kier alpha value is -2.13. The number of anilines is 2. The summed E-state index contributed by atoms with van der Waals surface area (Å²) in [5.41, 5.74) is 1.41. The molecule has 2 aromatic rings. The van der Waals surface area contributed by atoms with Gasteiger partial charge in [0.05, 0.1) is 29.4 Å². The first-order chi connectivity index (χ1) is 8.72. The quantitative estimate of drug-likeness (QED) is 0.944. The lowest BCUT2D eigenvalue weighted by molar-refractivity contribution is 0.394. The molecule has 0 amide bonds. The van der Waals surface area contributed by atoms with Gasteiger partial charge in [-0.25, -0.2) is 4.98 Å². The SMILES string of the molecule is COc1nc(Nc2ccc(C#N)cc2)ncc1Br. The Kier molecular flexibility index (Phi) is 3.75. The van der Waals surface area contributed by atoms with Crippen LogP contribution in [0.5, 0.6) is 5.88 Å². The van der Waals surface area contributed by atoms with Crippen molar-refractivity contribution in [1.82, 2.24) is 9.97 Å². The standard InChI is InChI=1S/C12H9BrN4O/c1-18-11-10(13)7-15-12(17-11)16-9-4-2-8(6-14)3-5-9/h2-5,7H,1H3,(H,15,16,17). The van der Waals surface area contributed by atoms with E-state index in [9.17, 15) is 0 Å². The highest BCUT2D eigenvalue weighted by Gasteiger charge is 2.05. The molecule has 0 aliphatic heterocycles. The zero-order chi connectivity index (χ0) is 13.0. The number of benzene rings is 1. The summed E-state index contributed by atoms with van der Waals surface area (Å²) in [5.74, 6) is 0.890. The molecule has 6 heteroatoms. The van der Waals surface area contributed by atoms with Crippen LogP contribution in [0.1, 0.15) is 5.56 Å². The molecule has 2 rings (SSSR count). The first kappa shape index (κ1) is 12.3. The molecule has 1 N–H and O–H groups in total. The summed E-state index contributed by atoms with van der Waals surface area (Å²) >= 11 is 3.28. The topological polar surface area (TPSA) is 70.8 Å². The molecule has 0 aliphatic rings. The van der Waals surface area contributed by atoms with E-state index in [1.807, 2.05) is 0 Å². The van der Waals surface area contributed by atoms with Gasteiger partial charge in [-0.3, -0.25) is 0 Å². The Morgan fingerprint density at radius 1 is 1.33 bits per heavy atom. The van der Waals surface area contributed by atoms with Crippen molar-refractivity contribution in [2.45, 2.75) is 0 Å². The lowest BCUT2D eigenvalue weighted by Gasteiger charge is -2.07. The number of aromatic nitrogens is 2. The van der Waals surface area contributed by atoms with Crippen LogP contribution in [0.3, 0.4) is 0 Å². The minimum absolute atomic E-state index is 0.430. The van der Waals surface area contributed by atoms with Crippen LogP contribution in [0.25, 0.3) is 0 Å². The van der Waals surface area contributed by atoms with E-state index in [4.69, 9.17) is 10.00 Å². The Morgan fingerprint density at radius 2 is 2.06 bits per heavy atom. The molecule has 0 unspecified atom stereocenters. The van der Waals surface area contributed by atoms with Gasteiger partial charge in [-0.15, -0.1) is 0 Å². The zero-order valence-electron chi connectivity index (χ0n) is 9.51. The van der Waals surface area contributed by atoms with Crippen molar-refractivity contribution in [3.63, 3.8) is 0 Å². The lowest BCUT2D eigenvalue weighted by atomic mass is 10.2. The predicted octanol–water partition coefficient (Wildman–Crippen LogP) is 2.86. The number of nitrogens with zero attached hydrogens (tertiary/aromatic N) is 3. The summed E-state index contributed by atoms with van der Waals surface area (Å²) in [6.45, 7) is 0. The van der Waals surface area contributed by atoms with Crippen LogP contribution >= 0.6 is 15.9 Å². The fourth-order valence-electron chi connectivity index (χ4n) is 1.31. The maximum atomic E-state index is 8.70. The summed E-state index contributed by atoms with van der Waals surface area (Å²) in [6, 6.07) is 9.08. The van der Waals surface area contributed by atoms with E-state index in [2.05, 4.69) is 37.3 Å². The summed E-state index contributed by atoms with van der Waals surface area (Å²) in [5, 5.41) is 11.7. The number of nitriles is 1. The van der Waals surface area contributed by atoms with Crippen LogP contribution in [0.15, 0.2) is 34.9 Å². The van der Waals surface area contributed by atoms with Crippen LogP contribution in [-0.4, -0.2) is 17.1 Å². The van der Waals surface area contributed by atoms with Crippen molar-refractivity contribution in [3.8, 4) is 11.9 Å². The number of halogens is 1. The van der Waals surface area contributed by atoms with Gasteiger partial charge < -0.3 is 10.1 Å². The van der Waals surface area contributed by atoms with E-state index in [1.165, 1.54) is 0 Å². The Labute approximate surface area is 113 Å². The maximum Gasteiger partial charge on any atom is 0.232 e. The largest absolute Gasteiger partial charge is 0.480 e. The smallest absolute Gasteiger partial charge is 0.232 e. The average molecular weight is 305 g/mol. The Bertz CT molecular complexity index is 592. The number of methoxy groups -OCH3 is 1. The first-order valence-corrected chi connectivity index (χ1v) is 5.86.